The number of amides is 1. The largest absolute Gasteiger partial charge is 0.456 e. The number of nitrogens with zero attached hydrogens (tertiary/aromatic N) is 5. The molecule has 0 spiro atoms. The molecule has 0 bridgehead atoms. The number of pyridine rings is 1. The quantitative estimate of drug-likeness (QED) is 0.456. The predicted molar refractivity (Wildman–Crippen MR) is 114 cm³/mol. The summed E-state index contributed by atoms with van der Waals surface area (Å²) in [4.78, 5) is 34.9. The van der Waals surface area contributed by atoms with Crippen LogP contribution in [0.25, 0.3) is 11.0 Å². The second-order valence-corrected chi connectivity index (χ2v) is 7.53. The Labute approximate surface area is 176 Å². The molecule has 0 aliphatic heterocycles. The number of benzene rings is 1. The summed E-state index contributed by atoms with van der Waals surface area (Å²) in [6.45, 7) is 3.35. The molecule has 9 heteroatoms. The van der Waals surface area contributed by atoms with Crippen molar-refractivity contribution < 1.29 is 14.3 Å². The molecule has 1 amide bonds. The lowest BCUT2D eigenvalue weighted by Gasteiger charge is -2.17. The Hall–Kier alpha value is -3.59. The van der Waals surface area contributed by atoms with Crippen molar-refractivity contribution in [2.45, 2.75) is 20.5 Å². The van der Waals surface area contributed by atoms with E-state index in [1.54, 1.807) is 23.2 Å². The molecule has 0 unspecified atom stereocenters. The van der Waals surface area contributed by atoms with Gasteiger partial charge in [-0.2, -0.15) is 5.10 Å². The fraction of sp³-hybridized carbons (Fsp3) is 0.190. The van der Waals surface area contributed by atoms with Crippen molar-refractivity contribution in [3.05, 3.63) is 64.9 Å². The van der Waals surface area contributed by atoms with E-state index in [-0.39, 0.29) is 12.5 Å². The van der Waals surface area contributed by atoms with Gasteiger partial charge in [-0.1, -0.05) is 18.2 Å². The molecule has 152 valence electrons. The zero-order valence-electron chi connectivity index (χ0n) is 16.7. The average Bonchev–Trinajstić information content (AvgIpc) is 3.31. The third kappa shape index (κ3) is 3.79. The van der Waals surface area contributed by atoms with Crippen LogP contribution < -0.4 is 4.90 Å². The van der Waals surface area contributed by atoms with Gasteiger partial charge in [0.15, 0.2) is 10.8 Å². The van der Waals surface area contributed by atoms with Gasteiger partial charge in [-0.05, 0) is 25.1 Å². The summed E-state index contributed by atoms with van der Waals surface area (Å²) in [6.07, 6.45) is 1.48. The molecule has 0 atom stereocenters. The van der Waals surface area contributed by atoms with E-state index in [1.165, 1.54) is 29.4 Å². The van der Waals surface area contributed by atoms with E-state index in [1.807, 2.05) is 37.3 Å². The fourth-order valence-electron chi connectivity index (χ4n) is 3.11. The zero-order chi connectivity index (χ0) is 21.3. The lowest BCUT2D eigenvalue weighted by Crippen LogP contribution is -2.22. The molecule has 1 aromatic carbocycles. The molecule has 0 saturated heterocycles. The van der Waals surface area contributed by atoms with Crippen LogP contribution in [0.2, 0.25) is 0 Å². The van der Waals surface area contributed by atoms with Crippen molar-refractivity contribution in [2.75, 3.05) is 4.90 Å². The van der Waals surface area contributed by atoms with Crippen molar-refractivity contribution in [2.24, 2.45) is 7.05 Å². The second kappa shape index (κ2) is 8.03. The van der Waals surface area contributed by atoms with Gasteiger partial charge < -0.3 is 4.74 Å². The third-order valence-electron chi connectivity index (χ3n) is 4.51. The first-order chi connectivity index (χ1) is 14.4. The number of rotatable bonds is 5. The number of anilines is 2. The van der Waals surface area contributed by atoms with Gasteiger partial charge >= 0.3 is 5.97 Å². The molecule has 30 heavy (non-hydrogen) atoms. The van der Waals surface area contributed by atoms with Crippen LogP contribution in [-0.2, 0) is 23.2 Å². The molecule has 0 saturated carbocycles. The first-order valence-corrected chi connectivity index (χ1v) is 10.1. The maximum atomic E-state index is 12.5. The molecule has 8 nitrogen and oxygen atoms in total. The maximum Gasteiger partial charge on any atom is 0.340 e. The normalized spacial score (nSPS) is 10.9. The number of ether oxygens (including phenoxy) is 1. The molecule has 4 rings (SSSR count). The highest BCUT2D eigenvalue weighted by Crippen LogP contribution is 2.29. The van der Waals surface area contributed by atoms with Crippen LogP contribution in [0.15, 0.2) is 48.0 Å². The summed E-state index contributed by atoms with van der Waals surface area (Å²) in [5, 5.41) is 7.41. The number of esters is 1. The lowest BCUT2D eigenvalue weighted by atomic mass is 10.2. The predicted octanol–water partition coefficient (Wildman–Crippen LogP) is 3.77. The Balaban J connectivity index is 1.48. The summed E-state index contributed by atoms with van der Waals surface area (Å²) in [5.74, 6) is -0.640. The van der Waals surface area contributed by atoms with E-state index < -0.39 is 5.97 Å². The topological polar surface area (TPSA) is 90.2 Å². The molecule has 0 N–H and O–H groups in total. The minimum atomic E-state index is -0.492. The van der Waals surface area contributed by atoms with E-state index in [0.717, 1.165) is 16.8 Å². The first kappa shape index (κ1) is 19.7. The van der Waals surface area contributed by atoms with Gasteiger partial charge in [-0.15, -0.1) is 11.3 Å². The average molecular weight is 421 g/mol. The first-order valence-electron chi connectivity index (χ1n) is 9.20. The Bertz CT molecular complexity index is 1230. The molecule has 0 aliphatic carbocycles. The Kier molecular flexibility index (Phi) is 5.28. The molecule has 0 radical (unpaired) electrons. The van der Waals surface area contributed by atoms with Crippen molar-refractivity contribution in [1.29, 1.82) is 0 Å². The SMILES string of the molecule is CC(=O)N(c1ccccc1)c1nc(COC(=O)c2cnc3c(c2)c(C)nn3C)cs1. The highest BCUT2D eigenvalue weighted by Gasteiger charge is 2.19. The minimum absolute atomic E-state index is 0.0000727. The van der Waals surface area contributed by atoms with E-state index >= 15 is 0 Å². The fourth-order valence-corrected chi connectivity index (χ4v) is 3.98. The third-order valence-corrected chi connectivity index (χ3v) is 5.38. The number of aryl methyl sites for hydroxylation is 2. The van der Waals surface area contributed by atoms with Crippen LogP contribution in [0.4, 0.5) is 10.8 Å². The van der Waals surface area contributed by atoms with E-state index in [4.69, 9.17) is 4.74 Å². The summed E-state index contributed by atoms with van der Waals surface area (Å²) in [7, 11) is 1.81. The summed E-state index contributed by atoms with van der Waals surface area (Å²) in [5.41, 5.74) is 3.15. The number of carbonyl (C=O) groups is 2. The van der Waals surface area contributed by atoms with Gasteiger partial charge in [0.05, 0.1) is 22.6 Å². The number of aromatic nitrogens is 4. The minimum Gasteiger partial charge on any atom is -0.456 e. The monoisotopic (exact) mass is 421 g/mol. The van der Waals surface area contributed by atoms with Crippen LogP contribution in [0.3, 0.4) is 0 Å². The van der Waals surface area contributed by atoms with Gasteiger partial charge in [0.25, 0.3) is 0 Å². The molecule has 3 aromatic heterocycles. The highest BCUT2D eigenvalue weighted by atomic mass is 32.1. The molecule has 0 fully saturated rings. The Morgan fingerprint density at radius 2 is 2.00 bits per heavy atom. The van der Waals surface area contributed by atoms with Crippen LogP contribution in [0.1, 0.15) is 28.7 Å². The van der Waals surface area contributed by atoms with Crippen molar-refractivity contribution in [3.8, 4) is 0 Å². The highest BCUT2D eigenvalue weighted by molar-refractivity contribution is 7.14. The van der Waals surface area contributed by atoms with E-state index in [9.17, 15) is 9.59 Å². The van der Waals surface area contributed by atoms with Crippen LogP contribution in [0.5, 0.6) is 0 Å². The number of fused-ring (bicyclic) bond motifs is 1. The maximum absolute atomic E-state index is 12.5. The van der Waals surface area contributed by atoms with Gasteiger partial charge in [0, 0.05) is 30.9 Å². The molecular formula is C21H19N5O3S. The summed E-state index contributed by atoms with van der Waals surface area (Å²) >= 11 is 1.31. The van der Waals surface area contributed by atoms with E-state index in [0.29, 0.717) is 22.0 Å². The van der Waals surface area contributed by atoms with Crippen molar-refractivity contribution >= 4 is 45.1 Å². The number of carbonyl (C=O) groups excluding carboxylic acids is 2. The van der Waals surface area contributed by atoms with E-state index in [2.05, 4.69) is 15.1 Å². The van der Waals surface area contributed by atoms with Crippen molar-refractivity contribution in [3.63, 3.8) is 0 Å². The molecule has 3 heterocycles. The van der Waals surface area contributed by atoms with Gasteiger partial charge in [-0.3, -0.25) is 14.4 Å². The number of hydrogen-bond acceptors (Lipinski definition) is 7. The smallest absolute Gasteiger partial charge is 0.340 e. The Morgan fingerprint density at radius 3 is 2.73 bits per heavy atom. The van der Waals surface area contributed by atoms with Crippen LogP contribution >= 0.6 is 11.3 Å². The number of para-hydroxylation sites is 1. The number of hydrogen-bond donors (Lipinski definition) is 0. The van der Waals surface area contributed by atoms with Crippen molar-refractivity contribution in [1.82, 2.24) is 19.7 Å². The number of thiazole rings is 1. The van der Waals surface area contributed by atoms with Gasteiger partial charge in [-0.25, -0.2) is 14.8 Å². The Morgan fingerprint density at radius 1 is 1.23 bits per heavy atom. The lowest BCUT2D eigenvalue weighted by molar-refractivity contribution is -0.115. The van der Waals surface area contributed by atoms with Gasteiger partial charge in [0.2, 0.25) is 5.91 Å². The molecule has 0 aliphatic rings. The molecule has 4 aromatic rings. The second-order valence-electron chi connectivity index (χ2n) is 6.69. The van der Waals surface area contributed by atoms with Crippen LogP contribution in [-0.4, -0.2) is 31.6 Å². The van der Waals surface area contributed by atoms with Gasteiger partial charge in [0.1, 0.15) is 6.61 Å². The summed E-state index contributed by atoms with van der Waals surface area (Å²) in [6, 6.07) is 11.0. The van der Waals surface area contributed by atoms with Crippen LogP contribution in [0, 0.1) is 6.92 Å². The zero-order valence-corrected chi connectivity index (χ0v) is 17.5. The summed E-state index contributed by atoms with van der Waals surface area (Å²) < 4.78 is 7.07. The standard InChI is InChI=1S/C21H19N5O3S/c1-13-18-9-15(10-22-19(18)25(3)24-13)20(28)29-11-16-12-30-21(23-16)26(14(2)27)17-7-5-4-6-8-17/h4-10,12H,11H2,1-3H3. The molecular weight excluding hydrogens is 402 g/mol.